The maximum Gasteiger partial charge on any atom is 0.387 e. The Kier molecular flexibility index (Phi) is 5.30. The summed E-state index contributed by atoms with van der Waals surface area (Å²) in [4.78, 5) is 10.7. The molecule has 0 fully saturated rings. The second kappa shape index (κ2) is 6.57. The fourth-order valence-corrected chi connectivity index (χ4v) is 2.20. The molecule has 0 saturated carbocycles. The normalized spacial score (nSPS) is 12.8. The molecule has 21 heavy (non-hydrogen) atoms. The Morgan fingerprint density at radius 3 is 2.48 bits per heavy atom. The molecule has 118 valence electrons. The van der Waals surface area contributed by atoms with Crippen molar-refractivity contribution < 1.29 is 36.6 Å². The van der Waals surface area contributed by atoms with Crippen molar-refractivity contribution in [3.63, 3.8) is 0 Å². The number of carboxylic acids is 1. The molecule has 0 amide bonds. The number of anilines is 1. The van der Waals surface area contributed by atoms with Crippen molar-refractivity contribution in [2.45, 2.75) is 18.8 Å². The summed E-state index contributed by atoms with van der Waals surface area (Å²) in [7, 11) is -3.03. The fourth-order valence-electron chi connectivity index (χ4n) is 1.29. The van der Waals surface area contributed by atoms with E-state index in [0.717, 1.165) is 19.1 Å². The third kappa shape index (κ3) is 4.45. The van der Waals surface area contributed by atoms with Crippen molar-refractivity contribution >= 4 is 21.7 Å². The van der Waals surface area contributed by atoms with Crippen LogP contribution in [0.15, 0.2) is 18.2 Å². The lowest BCUT2D eigenvalue weighted by Gasteiger charge is -2.15. The average molecular weight is 325 g/mol. The molecule has 0 aliphatic carbocycles. The van der Waals surface area contributed by atoms with Gasteiger partial charge < -0.3 is 14.6 Å². The van der Waals surface area contributed by atoms with E-state index in [0.29, 0.717) is 0 Å². The number of nitrogens with one attached hydrogen (secondary N) is 1. The van der Waals surface area contributed by atoms with Crippen LogP contribution < -0.4 is 14.2 Å². The Labute approximate surface area is 119 Å². The summed E-state index contributed by atoms with van der Waals surface area (Å²) in [6.45, 7) is -2.23. The van der Waals surface area contributed by atoms with Crippen LogP contribution in [0.2, 0.25) is 0 Å². The molecule has 0 radical (unpaired) electrons. The molecule has 7 nitrogen and oxygen atoms in total. The van der Waals surface area contributed by atoms with E-state index in [1.807, 2.05) is 4.72 Å². The summed E-state index contributed by atoms with van der Waals surface area (Å²) < 4.78 is 59.1. The van der Waals surface area contributed by atoms with Gasteiger partial charge in [0.05, 0.1) is 12.8 Å². The van der Waals surface area contributed by atoms with Crippen LogP contribution in [-0.4, -0.2) is 38.5 Å². The molecule has 0 saturated heterocycles. The first kappa shape index (κ1) is 17.0. The maximum absolute atomic E-state index is 12.3. The Balaban J connectivity index is 3.18. The minimum absolute atomic E-state index is 0.178. The lowest BCUT2D eigenvalue weighted by atomic mass is 10.3. The molecular formula is C11H13F2NO6S. The molecule has 0 bridgehead atoms. The largest absolute Gasteiger partial charge is 0.497 e. The SMILES string of the molecule is COc1ccc(OC(F)F)c(NS(=O)(=O)C(C)C(=O)O)c1. The highest BCUT2D eigenvalue weighted by atomic mass is 32.2. The zero-order valence-corrected chi connectivity index (χ0v) is 11.9. The third-order valence-corrected chi connectivity index (χ3v) is 4.11. The first-order chi connectivity index (χ1) is 9.67. The first-order valence-electron chi connectivity index (χ1n) is 5.54. The fraction of sp³-hybridized carbons (Fsp3) is 0.364. The summed E-state index contributed by atoms with van der Waals surface area (Å²) in [6, 6.07) is 3.47. The predicted octanol–water partition coefficient (Wildman–Crippen LogP) is 1.51. The topological polar surface area (TPSA) is 102 Å². The Hall–Kier alpha value is -2.10. The molecular weight excluding hydrogens is 312 g/mol. The van der Waals surface area contributed by atoms with E-state index in [9.17, 15) is 22.0 Å². The maximum atomic E-state index is 12.3. The van der Waals surface area contributed by atoms with Gasteiger partial charge >= 0.3 is 12.6 Å². The van der Waals surface area contributed by atoms with Gasteiger partial charge in [-0.1, -0.05) is 0 Å². The molecule has 0 aliphatic heterocycles. The highest BCUT2D eigenvalue weighted by molar-refractivity contribution is 7.94. The number of carbonyl (C=O) groups is 1. The smallest absolute Gasteiger partial charge is 0.387 e. The van der Waals surface area contributed by atoms with Crippen LogP contribution in [0.3, 0.4) is 0 Å². The zero-order chi connectivity index (χ0) is 16.2. The molecule has 1 atom stereocenters. The van der Waals surface area contributed by atoms with Gasteiger partial charge in [-0.3, -0.25) is 9.52 Å². The van der Waals surface area contributed by atoms with Gasteiger partial charge in [0.2, 0.25) is 10.0 Å². The predicted molar refractivity (Wildman–Crippen MR) is 69.3 cm³/mol. The number of ether oxygens (including phenoxy) is 2. The molecule has 0 spiro atoms. The van der Waals surface area contributed by atoms with Crippen molar-refractivity contribution in [3.8, 4) is 11.5 Å². The van der Waals surface area contributed by atoms with Gasteiger partial charge in [-0.2, -0.15) is 8.78 Å². The van der Waals surface area contributed by atoms with Gasteiger partial charge in [-0.25, -0.2) is 8.42 Å². The van der Waals surface area contributed by atoms with E-state index in [2.05, 4.69) is 4.74 Å². The molecule has 1 unspecified atom stereocenters. The highest BCUT2D eigenvalue weighted by Crippen LogP contribution is 2.31. The van der Waals surface area contributed by atoms with E-state index in [1.165, 1.54) is 13.2 Å². The summed E-state index contributed by atoms with van der Waals surface area (Å²) in [5.41, 5.74) is -0.345. The number of benzene rings is 1. The number of methoxy groups -OCH3 is 1. The molecule has 0 aliphatic rings. The number of rotatable bonds is 7. The van der Waals surface area contributed by atoms with Crippen LogP contribution >= 0.6 is 0 Å². The van der Waals surface area contributed by atoms with E-state index in [1.54, 1.807) is 0 Å². The molecule has 0 aromatic heterocycles. The lowest BCUT2D eigenvalue weighted by molar-refractivity contribution is -0.136. The van der Waals surface area contributed by atoms with Crippen LogP contribution in [0.5, 0.6) is 11.5 Å². The van der Waals surface area contributed by atoms with Crippen molar-refractivity contribution in [3.05, 3.63) is 18.2 Å². The molecule has 1 rings (SSSR count). The Bertz CT molecular complexity index is 619. The van der Waals surface area contributed by atoms with Crippen molar-refractivity contribution in [2.75, 3.05) is 11.8 Å². The standard InChI is InChI=1S/C11H13F2NO6S/c1-6(10(15)16)21(17,18)14-8-5-7(19-2)3-4-9(8)20-11(12)13/h3-6,11,14H,1-2H3,(H,15,16). The monoisotopic (exact) mass is 325 g/mol. The first-order valence-corrected chi connectivity index (χ1v) is 7.09. The number of carboxylic acid groups (broad SMARTS) is 1. The van der Waals surface area contributed by atoms with Gasteiger partial charge in [0.1, 0.15) is 11.5 Å². The second-order valence-electron chi connectivity index (χ2n) is 3.87. The number of aliphatic carboxylic acids is 1. The molecule has 0 heterocycles. The van der Waals surface area contributed by atoms with E-state index in [-0.39, 0.29) is 11.4 Å². The summed E-state index contributed by atoms with van der Waals surface area (Å²) >= 11 is 0. The molecule has 10 heteroatoms. The van der Waals surface area contributed by atoms with Gasteiger partial charge in [-0.05, 0) is 19.1 Å². The number of sulfonamides is 1. The van der Waals surface area contributed by atoms with Crippen LogP contribution in [-0.2, 0) is 14.8 Å². The van der Waals surface area contributed by atoms with E-state index >= 15 is 0 Å². The third-order valence-electron chi connectivity index (χ3n) is 2.47. The summed E-state index contributed by atoms with van der Waals surface area (Å²) in [5.74, 6) is -1.86. The number of hydrogen-bond acceptors (Lipinski definition) is 5. The van der Waals surface area contributed by atoms with Gasteiger partial charge in [-0.15, -0.1) is 0 Å². The van der Waals surface area contributed by atoms with E-state index in [4.69, 9.17) is 9.84 Å². The molecule has 1 aromatic carbocycles. The second-order valence-corrected chi connectivity index (χ2v) is 5.87. The van der Waals surface area contributed by atoms with Crippen molar-refractivity contribution in [1.29, 1.82) is 0 Å². The van der Waals surface area contributed by atoms with Crippen molar-refractivity contribution in [2.24, 2.45) is 0 Å². The van der Waals surface area contributed by atoms with E-state index < -0.39 is 33.6 Å². The highest BCUT2D eigenvalue weighted by Gasteiger charge is 2.29. The Morgan fingerprint density at radius 1 is 1.38 bits per heavy atom. The van der Waals surface area contributed by atoms with Gasteiger partial charge in [0.15, 0.2) is 5.25 Å². The zero-order valence-electron chi connectivity index (χ0n) is 11.0. The minimum atomic E-state index is -4.33. The summed E-state index contributed by atoms with van der Waals surface area (Å²) in [6.07, 6.45) is 0. The van der Waals surface area contributed by atoms with Crippen LogP contribution in [0, 0.1) is 0 Å². The van der Waals surface area contributed by atoms with Gasteiger partial charge in [0, 0.05) is 6.07 Å². The molecule has 2 N–H and O–H groups in total. The van der Waals surface area contributed by atoms with Gasteiger partial charge in [0.25, 0.3) is 0 Å². The number of alkyl halides is 2. The number of hydrogen-bond donors (Lipinski definition) is 2. The van der Waals surface area contributed by atoms with Crippen LogP contribution in [0.1, 0.15) is 6.92 Å². The average Bonchev–Trinajstić information content (AvgIpc) is 2.38. The number of halogens is 2. The van der Waals surface area contributed by atoms with Crippen molar-refractivity contribution in [1.82, 2.24) is 0 Å². The summed E-state index contributed by atoms with van der Waals surface area (Å²) in [5, 5.41) is 6.94. The van der Waals surface area contributed by atoms with Crippen LogP contribution in [0.4, 0.5) is 14.5 Å². The quantitative estimate of drug-likeness (QED) is 0.788. The minimum Gasteiger partial charge on any atom is -0.497 e. The molecule has 1 aromatic rings. The van der Waals surface area contributed by atoms with Crippen LogP contribution in [0.25, 0.3) is 0 Å². The Morgan fingerprint density at radius 2 is 2.00 bits per heavy atom. The lowest BCUT2D eigenvalue weighted by Crippen LogP contribution is -2.32.